The van der Waals surface area contributed by atoms with Gasteiger partial charge in [-0.15, -0.1) is 0 Å². The molecule has 0 aliphatic rings. The van der Waals surface area contributed by atoms with Gasteiger partial charge < -0.3 is 25.1 Å². The monoisotopic (exact) mass is 517 g/mol. The molecule has 0 atom stereocenters. The summed E-state index contributed by atoms with van der Waals surface area (Å²) in [6, 6.07) is 13.2. The van der Waals surface area contributed by atoms with Gasteiger partial charge in [-0.1, -0.05) is 18.2 Å². The topological polar surface area (TPSA) is 108 Å². The molecule has 0 heterocycles. The Morgan fingerprint density at radius 2 is 1.57 bits per heavy atom. The van der Waals surface area contributed by atoms with E-state index in [1.165, 1.54) is 13.0 Å². The smallest absolute Gasteiger partial charge is 0.419 e. The molecule has 0 fully saturated rings. The summed E-state index contributed by atoms with van der Waals surface area (Å²) < 4.78 is 55.9. The minimum absolute atomic E-state index is 0.0223. The number of hydrogen-bond donors (Lipinski definition) is 2. The molecule has 37 heavy (non-hydrogen) atoms. The van der Waals surface area contributed by atoms with Crippen LogP contribution in [0.5, 0.6) is 17.2 Å². The molecule has 3 rings (SSSR count). The van der Waals surface area contributed by atoms with Crippen molar-refractivity contribution in [1.29, 1.82) is 0 Å². The second kappa shape index (κ2) is 10.4. The Labute approximate surface area is 211 Å². The summed E-state index contributed by atoms with van der Waals surface area (Å²) in [6.07, 6.45) is -4.87. The first-order valence-corrected chi connectivity index (χ1v) is 11.1. The van der Waals surface area contributed by atoms with E-state index in [4.69, 9.17) is 19.9 Å². The van der Waals surface area contributed by atoms with Crippen molar-refractivity contribution in [3.63, 3.8) is 0 Å². The Balaban J connectivity index is 1.84. The van der Waals surface area contributed by atoms with Crippen LogP contribution in [0.25, 0.3) is 11.1 Å². The van der Waals surface area contributed by atoms with Crippen molar-refractivity contribution in [1.82, 2.24) is 0 Å². The normalized spacial score (nSPS) is 11.6. The summed E-state index contributed by atoms with van der Waals surface area (Å²) in [6.45, 7) is 5.65. The lowest BCUT2D eigenvalue weighted by atomic mass is 10.0. The van der Waals surface area contributed by atoms with Crippen LogP contribution in [-0.2, 0) is 22.3 Å². The van der Waals surface area contributed by atoms with Crippen molar-refractivity contribution in [3.8, 4) is 28.4 Å². The van der Waals surface area contributed by atoms with Crippen LogP contribution in [0.3, 0.4) is 0 Å². The van der Waals surface area contributed by atoms with Crippen molar-refractivity contribution >= 4 is 17.6 Å². The Bertz CT molecular complexity index is 1310. The molecule has 3 aromatic carbocycles. The van der Waals surface area contributed by atoms with Crippen LogP contribution < -0.4 is 15.2 Å². The van der Waals surface area contributed by atoms with E-state index >= 15 is 0 Å². The maximum absolute atomic E-state index is 13.3. The van der Waals surface area contributed by atoms with Gasteiger partial charge in [0, 0.05) is 29.8 Å². The molecule has 0 aromatic heterocycles. The van der Waals surface area contributed by atoms with Crippen LogP contribution >= 0.6 is 0 Å². The first-order chi connectivity index (χ1) is 17.2. The van der Waals surface area contributed by atoms with Gasteiger partial charge in [-0.3, -0.25) is 4.79 Å². The molecule has 0 radical (unpaired) electrons. The number of anilines is 1. The first kappa shape index (κ1) is 27.4. The number of esters is 2. The van der Waals surface area contributed by atoms with Gasteiger partial charge in [-0.25, -0.2) is 4.79 Å². The zero-order valence-electron chi connectivity index (χ0n) is 20.6. The third kappa shape index (κ3) is 6.93. The summed E-state index contributed by atoms with van der Waals surface area (Å²) in [4.78, 5) is 23.8. The van der Waals surface area contributed by atoms with Crippen molar-refractivity contribution in [2.75, 3.05) is 5.73 Å². The van der Waals surface area contributed by atoms with E-state index in [-0.39, 0.29) is 12.2 Å². The second-order valence-corrected chi connectivity index (χ2v) is 9.15. The summed E-state index contributed by atoms with van der Waals surface area (Å²) in [5.74, 6) is -2.11. The molecule has 0 amide bonds. The lowest BCUT2D eigenvalue weighted by Crippen LogP contribution is -2.25. The minimum Gasteiger partial charge on any atom is -0.506 e. The number of ether oxygens (including phenoxy) is 3. The molecular weight excluding hydrogens is 491 g/mol. The predicted molar refractivity (Wildman–Crippen MR) is 130 cm³/mol. The number of alkyl halides is 3. The summed E-state index contributed by atoms with van der Waals surface area (Å²) in [7, 11) is 0. The third-order valence-corrected chi connectivity index (χ3v) is 5.02. The van der Waals surface area contributed by atoms with Gasteiger partial charge in [0.05, 0.1) is 5.56 Å². The maximum atomic E-state index is 13.3. The van der Waals surface area contributed by atoms with Gasteiger partial charge in [0.15, 0.2) is 0 Å². The van der Waals surface area contributed by atoms with E-state index in [0.29, 0.717) is 28.8 Å². The number of benzene rings is 3. The number of nitrogens with two attached hydrogens (primary N) is 1. The number of rotatable bonds is 6. The van der Waals surface area contributed by atoms with Crippen LogP contribution in [0.15, 0.2) is 54.6 Å². The molecule has 3 N–H and O–H groups in total. The zero-order chi connectivity index (χ0) is 27.5. The van der Waals surface area contributed by atoms with E-state index in [1.54, 1.807) is 57.2 Å². The van der Waals surface area contributed by atoms with Crippen LogP contribution in [0.4, 0.5) is 18.9 Å². The van der Waals surface area contributed by atoms with E-state index in [1.807, 2.05) is 0 Å². The highest BCUT2D eigenvalue weighted by Gasteiger charge is 2.37. The summed E-state index contributed by atoms with van der Waals surface area (Å²) in [5, 5.41) is 10.3. The Hall–Kier alpha value is -4.21. The SMILES string of the molecule is CC(=O)Oc1ccc(-c2ccc(OCc3ccc(C(F)(F)F)c(O)c3C(=O)OC(C)(C)C)cc2)c(N)c1. The van der Waals surface area contributed by atoms with Crippen molar-refractivity contribution in [2.45, 2.75) is 46.1 Å². The highest BCUT2D eigenvalue weighted by Crippen LogP contribution is 2.40. The average Bonchev–Trinajstić information content (AvgIpc) is 2.75. The molecule has 0 spiro atoms. The van der Waals surface area contributed by atoms with Gasteiger partial charge >= 0.3 is 18.1 Å². The molecule has 3 aromatic rings. The highest BCUT2D eigenvalue weighted by molar-refractivity contribution is 5.95. The fourth-order valence-electron chi connectivity index (χ4n) is 3.46. The Morgan fingerprint density at radius 1 is 0.946 bits per heavy atom. The fraction of sp³-hybridized carbons (Fsp3) is 0.259. The number of phenols is 1. The number of hydrogen-bond acceptors (Lipinski definition) is 7. The number of nitrogen functional groups attached to an aromatic ring is 1. The van der Waals surface area contributed by atoms with E-state index < -0.39 is 40.6 Å². The highest BCUT2D eigenvalue weighted by atomic mass is 19.4. The largest absolute Gasteiger partial charge is 0.506 e. The van der Waals surface area contributed by atoms with Gasteiger partial charge in [-0.05, 0) is 56.7 Å². The Kier molecular flexibility index (Phi) is 7.71. The fourth-order valence-corrected chi connectivity index (χ4v) is 3.46. The van der Waals surface area contributed by atoms with Crippen LogP contribution in [0.1, 0.15) is 49.2 Å². The maximum Gasteiger partial charge on any atom is 0.419 e. The molecule has 7 nitrogen and oxygen atoms in total. The molecule has 196 valence electrons. The molecule has 0 aliphatic heterocycles. The molecule has 0 aliphatic carbocycles. The standard InChI is InChI=1S/C27H26F3NO6/c1-15(32)36-19-10-11-20(22(31)13-19)16-5-8-18(9-6-16)35-14-17-7-12-21(27(28,29)30)24(33)23(17)25(34)37-26(2,3)4/h5-13,33H,14,31H2,1-4H3. The third-order valence-electron chi connectivity index (χ3n) is 5.02. The first-order valence-electron chi connectivity index (χ1n) is 11.1. The number of halogens is 3. The number of carbonyl (C=O) groups excluding carboxylic acids is 2. The second-order valence-electron chi connectivity index (χ2n) is 9.15. The van der Waals surface area contributed by atoms with Gasteiger partial charge in [0.1, 0.15) is 35.0 Å². The quantitative estimate of drug-likeness (QED) is 0.230. The number of phenolic OH excluding ortho intramolecular Hbond substituents is 1. The molecule has 0 saturated carbocycles. The van der Waals surface area contributed by atoms with E-state index in [0.717, 1.165) is 11.6 Å². The lowest BCUT2D eigenvalue weighted by Gasteiger charge is -2.22. The number of carbonyl (C=O) groups is 2. The van der Waals surface area contributed by atoms with E-state index in [9.17, 15) is 27.9 Å². The summed E-state index contributed by atoms with van der Waals surface area (Å²) >= 11 is 0. The summed E-state index contributed by atoms with van der Waals surface area (Å²) in [5.41, 5.74) is 4.95. The minimum atomic E-state index is -4.87. The van der Waals surface area contributed by atoms with Crippen molar-refractivity contribution in [2.24, 2.45) is 0 Å². The van der Waals surface area contributed by atoms with Gasteiger partial charge in [0.2, 0.25) is 0 Å². The molecular formula is C27H26F3NO6. The van der Waals surface area contributed by atoms with E-state index in [2.05, 4.69) is 0 Å². The lowest BCUT2D eigenvalue weighted by molar-refractivity contribution is -0.138. The average molecular weight is 518 g/mol. The van der Waals surface area contributed by atoms with Crippen molar-refractivity contribution in [3.05, 3.63) is 71.3 Å². The molecule has 0 unspecified atom stereocenters. The van der Waals surface area contributed by atoms with Gasteiger partial charge in [0.25, 0.3) is 0 Å². The molecule has 10 heteroatoms. The molecule has 0 saturated heterocycles. The van der Waals surface area contributed by atoms with Crippen LogP contribution in [0.2, 0.25) is 0 Å². The molecule has 0 bridgehead atoms. The zero-order valence-corrected chi connectivity index (χ0v) is 20.6. The van der Waals surface area contributed by atoms with Crippen LogP contribution in [-0.4, -0.2) is 22.6 Å². The van der Waals surface area contributed by atoms with Crippen molar-refractivity contribution < 1.29 is 42.1 Å². The Morgan fingerprint density at radius 3 is 2.11 bits per heavy atom. The number of aromatic hydroxyl groups is 1. The van der Waals surface area contributed by atoms with Gasteiger partial charge in [-0.2, -0.15) is 13.2 Å². The predicted octanol–water partition coefficient (Wildman–Crippen LogP) is 6.12. The van der Waals surface area contributed by atoms with Crippen LogP contribution in [0, 0.1) is 0 Å².